The van der Waals surface area contributed by atoms with Gasteiger partial charge in [0.05, 0.1) is 0 Å². The van der Waals surface area contributed by atoms with Crippen LogP contribution in [0.2, 0.25) is -0.490 Å². The van der Waals surface area contributed by atoms with Crippen molar-refractivity contribution in [3.8, 4) is 0 Å². The molecule has 0 aromatic heterocycles. The molecule has 0 unspecified atom stereocenters. The van der Waals surface area contributed by atoms with Crippen molar-refractivity contribution < 1.29 is 19.8 Å². The minimum Gasteiger partial charge on any atom is -0.481 e. The number of rotatable bonds is 3. The predicted molar refractivity (Wildman–Crippen MR) is 66.3 cm³/mol. The predicted octanol–water partition coefficient (Wildman–Crippen LogP) is 2.48. The SMILES string of the molecule is C[C](C)([K])C1CCCCC1.O=C(O)CC(=O)O. The molecule has 17 heavy (non-hydrogen) atoms. The van der Waals surface area contributed by atoms with Crippen molar-refractivity contribution in [2.24, 2.45) is 5.92 Å². The van der Waals surface area contributed by atoms with Gasteiger partial charge in [0.2, 0.25) is 0 Å². The average Bonchev–Trinajstić information content (AvgIpc) is 2.16. The van der Waals surface area contributed by atoms with E-state index in [4.69, 9.17) is 10.2 Å². The van der Waals surface area contributed by atoms with E-state index in [0.29, 0.717) is 0 Å². The van der Waals surface area contributed by atoms with Crippen molar-refractivity contribution in [3.05, 3.63) is 0 Å². The second-order valence-corrected chi connectivity index (χ2v) is 9.69. The van der Waals surface area contributed by atoms with E-state index in [2.05, 4.69) is 13.8 Å². The Morgan fingerprint density at radius 2 is 1.53 bits per heavy atom. The Bertz CT molecular complexity index is 240. The van der Waals surface area contributed by atoms with Gasteiger partial charge in [0.15, 0.2) is 0 Å². The summed E-state index contributed by atoms with van der Waals surface area (Å²) in [6.45, 7) is 4.92. The normalized spacial score (nSPS) is 16.9. The first-order chi connectivity index (χ1) is 7.73. The van der Waals surface area contributed by atoms with E-state index in [1.54, 1.807) is 0 Å². The molecule has 1 aliphatic rings. The molecule has 1 aliphatic carbocycles. The van der Waals surface area contributed by atoms with Crippen molar-refractivity contribution >= 4 is 60.9 Å². The summed E-state index contributed by atoms with van der Waals surface area (Å²) < 4.78 is 0.757. The second kappa shape index (κ2) is 8.64. The quantitative estimate of drug-likeness (QED) is 0.609. The smallest absolute Gasteiger partial charge is 0.314 e. The summed E-state index contributed by atoms with van der Waals surface area (Å²) in [6, 6.07) is 0. The van der Waals surface area contributed by atoms with Crippen LogP contribution in [0.25, 0.3) is 0 Å². The fourth-order valence-electron chi connectivity index (χ4n) is 2.10. The number of carboxylic acid groups (broad SMARTS) is 2. The zero-order chi connectivity index (χ0) is 13.5. The minimum absolute atomic E-state index is 0.757. The molecule has 0 spiro atoms. The van der Waals surface area contributed by atoms with Gasteiger partial charge in [-0.05, 0) is 0 Å². The topological polar surface area (TPSA) is 74.6 Å². The molecule has 0 bridgehead atoms. The maximum Gasteiger partial charge on any atom is 0.314 e. The Labute approximate surface area is 137 Å². The Morgan fingerprint density at radius 3 is 1.71 bits per heavy atom. The van der Waals surface area contributed by atoms with Gasteiger partial charge in [0.25, 0.3) is 0 Å². The maximum atomic E-state index is 9.43. The molecule has 0 aromatic carbocycles. The fraction of sp³-hybridized carbons (Fsp3) is 0.833. The van der Waals surface area contributed by atoms with Crippen LogP contribution >= 0.6 is 0 Å². The van der Waals surface area contributed by atoms with E-state index in [1.807, 2.05) is 0 Å². The molecule has 5 heteroatoms. The van der Waals surface area contributed by atoms with Gasteiger partial charge in [-0.15, -0.1) is 0 Å². The first-order valence-corrected chi connectivity index (χ1v) is 7.73. The van der Waals surface area contributed by atoms with Crippen molar-refractivity contribution in [2.45, 2.75) is 51.9 Å². The third kappa shape index (κ3) is 10.2. The van der Waals surface area contributed by atoms with Crippen LogP contribution in [0, 0.1) is 5.92 Å². The molecule has 0 aliphatic heterocycles. The third-order valence-electron chi connectivity index (χ3n) is 3.13. The van der Waals surface area contributed by atoms with E-state index in [1.165, 1.54) is 32.1 Å². The van der Waals surface area contributed by atoms with E-state index in [0.717, 1.165) is 54.4 Å². The van der Waals surface area contributed by atoms with E-state index >= 15 is 0 Å². The Morgan fingerprint density at radius 1 is 1.12 bits per heavy atom. The molecule has 0 saturated heterocycles. The van der Waals surface area contributed by atoms with Gasteiger partial charge in [0, 0.05) is 0 Å². The summed E-state index contributed by atoms with van der Waals surface area (Å²) in [5, 5.41) is 15.4. The number of hydrogen-bond acceptors (Lipinski definition) is 2. The summed E-state index contributed by atoms with van der Waals surface area (Å²) in [7, 11) is 0. The van der Waals surface area contributed by atoms with Crippen LogP contribution in [0.5, 0.6) is 0 Å². The Kier molecular flexibility index (Phi) is 8.93. The van der Waals surface area contributed by atoms with E-state index < -0.39 is 18.4 Å². The van der Waals surface area contributed by atoms with Crippen LogP contribution in [0.4, 0.5) is 0 Å². The standard InChI is InChI=1S/C9H17.C3H4O4.K/c1-8(2)9-6-4-3-5-7-9;4-2(5)1-3(6)7;/h9H,3-7H2,1-2H3;1H2,(H,4,5)(H,6,7);. The zero-order valence-electron chi connectivity index (χ0n) is 11.0. The summed E-state index contributed by atoms with van der Waals surface area (Å²) in [5.74, 6) is -1.54. The second-order valence-electron chi connectivity index (χ2n) is 5.67. The van der Waals surface area contributed by atoms with Crippen molar-refractivity contribution in [1.82, 2.24) is 0 Å². The molecule has 1 saturated carbocycles. The largest absolute Gasteiger partial charge is 0.481 e. The third-order valence-corrected chi connectivity index (χ3v) is 4.41. The maximum absolute atomic E-state index is 9.43. The molecule has 0 atom stereocenters. The average molecular weight is 268 g/mol. The van der Waals surface area contributed by atoms with Crippen LogP contribution in [0.3, 0.4) is 0 Å². The van der Waals surface area contributed by atoms with Gasteiger partial charge in [-0.1, -0.05) is 0 Å². The molecule has 2 N–H and O–H groups in total. The summed E-state index contributed by atoms with van der Waals surface area (Å²) in [5.41, 5.74) is 0. The van der Waals surface area contributed by atoms with Gasteiger partial charge < -0.3 is 10.2 Å². The molecule has 0 aromatic rings. The molecule has 94 valence electrons. The molecule has 0 radical (unpaired) electrons. The van der Waals surface area contributed by atoms with Crippen LogP contribution < -0.4 is 0 Å². The van der Waals surface area contributed by atoms with Gasteiger partial charge in [-0.25, -0.2) is 0 Å². The molecular formula is C12H21KO4. The first-order valence-electron chi connectivity index (χ1n) is 6.17. The van der Waals surface area contributed by atoms with Crippen LogP contribution in [-0.2, 0) is 9.59 Å². The van der Waals surface area contributed by atoms with Crippen molar-refractivity contribution in [2.75, 3.05) is 0 Å². The summed E-state index contributed by atoms with van der Waals surface area (Å²) in [4.78, 5) is 18.9. The van der Waals surface area contributed by atoms with Crippen LogP contribution in [0.1, 0.15) is 52.4 Å². The van der Waals surface area contributed by atoms with Gasteiger partial charge in [0.1, 0.15) is 6.42 Å². The minimum atomic E-state index is -1.31. The van der Waals surface area contributed by atoms with Gasteiger partial charge in [-0.2, -0.15) is 0 Å². The van der Waals surface area contributed by atoms with Gasteiger partial charge >= 0.3 is 112 Å². The molecule has 1 fully saturated rings. The van der Waals surface area contributed by atoms with Crippen molar-refractivity contribution in [3.63, 3.8) is 0 Å². The molecule has 0 amide bonds. The van der Waals surface area contributed by atoms with E-state index in [9.17, 15) is 9.59 Å². The number of aliphatic carboxylic acids is 2. The Hall–Kier alpha value is 0.576. The molecule has 1 rings (SSSR count). The zero-order valence-corrected chi connectivity index (χ0v) is 14.2. The Balaban J connectivity index is 0.000000325. The van der Waals surface area contributed by atoms with Gasteiger partial charge in [-0.3, -0.25) is 9.59 Å². The summed E-state index contributed by atoms with van der Waals surface area (Å²) >= 11 is 1.02. The van der Waals surface area contributed by atoms with Crippen molar-refractivity contribution in [1.29, 1.82) is 0 Å². The number of hydrogen-bond donors (Lipinski definition) is 2. The number of carbonyl (C=O) groups is 2. The first kappa shape index (κ1) is 17.6. The van der Waals surface area contributed by atoms with E-state index in [-0.39, 0.29) is 0 Å². The van der Waals surface area contributed by atoms with Crippen LogP contribution in [-0.4, -0.2) is 71.1 Å². The fourth-order valence-corrected chi connectivity index (χ4v) is 3.00. The molecule has 4 nitrogen and oxygen atoms in total. The molecular weight excluding hydrogens is 247 g/mol. The molecule has 0 heterocycles. The number of carboxylic acids is 2. The summed E-state index contributed by atoms with van der Waals surface area (Å²) in [6.07, 6.45) is 6.75. The monoisotopic (exact) mass is 268 g/mol. The van der Waals surface area contributed by atoms with Crippen LogP contribution in [0.15, 0.2) is 0 Å².